The summed E-state index contributed by atoms with van der Waals surface area (Å²) in [6, 6.07) is 17.6. The Morgan fingerprint density at radius 2 is 1.75 bits per heavy atom. The zero-order valence-electron chi connectivity index (χ0n) is 11.7. The molecule has 0 bridgehead atoms. The predicted octanol–water partition coefficient (Wildman–Crippen LogP) is 2.35. The number of carbonyl (C=O) groups excluding carboxylic acids is 1. The Kier molecular flexibility index (Phi) is 4.91. The monoisotopic (exact) mass is 268 g/mol. The number of carbonyl (C=O) groups is 1. The normalized spacial score (nSPS) is 11.9. The second kappa shape index (κ2) is 6.87. The topological polar surface area (TPSA) is 55.1 Å². The van der Waals surface area contributed by atoms with Gasteiger partial charge in [0.15, 0.2) is 0 Å². The van der Waals surface area contributed by atoms with Gasteiger partial charge in [-0.2, -0.15) is 0 Å². The second-order valence-electron chi connectivity index (χ2n) is 4.98. The van der Waals surface area contributed by atoms with E-state index >= 15 is 0 Å². The van der Waals surface area contributed by atoms with Crippen LogP contribution in [0.5, 0.6) is 0 Å². The Bertz CT molecular complexity index is 549. The van der Waals surface area contributed by atoms with Crippen LogP contribution in [0.2, 0.25) is 0 Å². The van der Waals surface area contributed by atoms with Crippen LogP contribution in [0, 0.1) is 6.92 Å². The summed E-state index contributed by atoms with van der Waals surface area (Å²) in [6.45, 7) is 2.48. The summed E-state index contributed by atoms with van der Waals surface area (Å²) >= 11 is 0. The van der Waals surface area contributed by atoms with Crippen molar-refractivity contribution in [2.45, 2.75) is 19.4 Å². The SMILES string of the molecule is Cc1ccc(CC(=O)NCC(N)c2ccccc2)cc1. The first kappa shape index (κ1) is 14.3. The summed E-state index contributed by atoms with van der Waals surface area (Å²) in [5.41, 5.74) is 9.28. The summed E-state index contributed by atoms with van der Waals surface area (Å²) < 4.78 is 0. The number of nitrogens with two attached hydrogens (primary N) is 1. The molecule has 3 nitrogen and oxygen atoms in total. The standard InChI is InChI=1S/C17H20N2O/c1-13-7-9-14(10-8-13)11-17(20)19-12-16(18)15-5-3-2-4-6-15/h2-10,16H,11-12,18H2,1H3,(H,19,20). The van der Waals surface area contributed by atoms with Crippen LogP contribution in [0.3, 0.4) is 0 Å². The quantitative estimate of drug-likeness (QED) is 0.874. The first-order valence-corrected chi connectivity index (χ1v) is 6.78. The molecule has 0 aliphatic carbocycles. The Hall–Kier alpha value is -2.13. The molecule has 0 aromatic heterocycles. The average Bonchev–Trinajstić information content (AvgIpc) is 2.48. The molecule has 0 aliphatic heterocycles. The molecule has 0 saturated carbocycles. The minimum atomic E-state index is -0.168. The predicted molar refractivity (Wildman–Crippen MR) is 81.3 cm³/mol. The number of hydrogen-bond donors (Lipinski definition) is 2. The molecule has 0 spiro atoms. The van der Waals surface area contributed by atoms with E-state index in [1.54, 1.807) is 0 Å². The maximum Gasteiger partial charge on any atom is 0.224 e. The molecule has 20 heavy (non-hydrogen) atoms. The van der Waals surface area contributed by atoms with Crippen LogP contribution in [-0.2, 0) is 11.2 Å². The molecule has 2 rings (SSSR count). The largest absolute Gasteiger partial charge is 0.354 e. The van der Waals surface area contributed by atoms with Crippen molar-refractivity contribution in [1.82, 2.24) is 5.32 Å². The molecule has 2 aromatic rings. The summed E-state index contributed by atoms with van der Waals surface area (Å²) in [4.78, 5) is 11.9. The van der Waals surface area contributed by atoms with E-state index in [-0.39, 0.29) is 11.9 Å². The molecule has 2 aromatic carbocycles. The number of benzene rings is 2. The van der Waals surface area contributed by atoms with Crippen LogP contribution >= 0.6 is 0 Å². The number of amides is 1. The van der Waals surface area contributed by atoms with Crippen molar-refractivity contribution < 1.29 is 4.79 Å². The van der Waals surface area contributed by atoms with Gasteiger partial charge < -0.3 is 11.1 Å². The van der Waals surface area contributed by atoms with Crippen LogP contribution in [0.15, 0.2) is 54.6 Å². The van der Waals surface area contributed by atoms with Gasteiger partial charge in [0.2, 0.25) is 5.91 Å². The Morgan fingerprint density at radius 3 is 2.40 bits per heavy atom. The summed E-state index contributed by atoms with van der Waals surface area (Å²) in [7, 11) is 0. The van der Waals surface area contributed by atoms with Gasteiger partial charge in [0.1, 0.15) is 0 Å². The minimum Gasteiger partial charge on any atom is -0.354 e. The van der Waals surface area contributed by atoms with Gasteiger partial charge in [0.05, 0.1) is 6.42 Å². The number of rotatable bonds is 5. The molecule has 0 aliphatic rings. The third-order valence-electron chi connectivity index (χ3n) is 3.23. The highest BCUT2D eigenvalue weighted by Crippen LogP contribution is 2.08. The molecule has 3 heteroatoms. The third kappa shape index (κ3) is 4.21. The second-order valence-corrected chi connectivity index (χ2v) is 4.98. The van der Waals surface area contributed by atoms with Crippen molar-refractivity contribution in [2.24, 2.45) is 5.73 Å². The van der Waals surface area contributed by atoms with Gasteiger partial charge in [-0.25, -0.2) is 0 Å². The highest BCUT2D eigenvalue weighted by atomic mass is 16.1. The minimum absolute atomic E-state index is 0.000217. The lowest BCUT2D eigenvalue weighted by Crippen LogP contribution is -2.32. The van der Waals surface area contributed by atoms with Crippen LogP contribution in [0.25, 0.3) is 0 Å². The van der Waals surface area contributed by atoms with Crippen molar-refractivity contribution in [3.8, 4) is 0 Å². The van der Waals surface area contributed by atoms with Crippen LogP contribution in [0.4, 0.5) is 0 Å². The maximum absolute atomic E-state index is 11.9. The van der Waals surface area contributed by atoms with E-state index in [2.05, 4.69) is 5.32 Å². The molecule has 1 atom stereocenters. The Balaban J connectivity index is 1.82. The van der Waals surface area contributed by atoms with Crippen molar-refractivity contribution in [1.29, 1.82) is 0 Å². The van der Waals surface area contributed by atoms with Crippen molar-refractivity contribution in [3.63, 3.8) is 0 Å². The lowest BCUT2D eigenvalue weighted by atomic mass is 10.1. The fourth-order valence-electron chi connectivity index (χ4n) is 2.00. The number of hydrogen-bond acceptors (Lipinski definition) is 2. The maximum atomic E-state index is 11.9. The van der Waals surface area contributed by atoms with Crippen LogP contribution in [0.1, 0.15) is 22.7 Å². The fraction of sp³-hybridized carbons (Fsp3) is 0.235. The van der Waals surface area contributed by atoms with Crippen molar-refractivity contribution >= 4 is 5.91 Å². The first-order valence-electron chi connectivity index (χ1n) is 6.78. The zero-order valence-corrected chi connectivity index (χ0v) is 11.7. The molecule has 1 amide bonds. The summed E-state index contributed by atoms with van der Waals surface area (Å²) in [6.07, 6.45) is 0.391. The van der Waals surface area contributed by atoms with Crippen molar-refractivity contribution in [3.05, 3.63) is 71.3 Å². The average molecular weight is 268 g/mol. The van der Waals surface area contributed by atoms with E-state index in [4.69, 9.17) is 5.73 Å². The van der Waals surface area contributed by atoms with Gasteiger partial charge >= 0.3 is 0 Å². The lowest BCUT2D eigenvalue weighted by Gasteiger charge is -2.13. The molecular formula is C17H20N2O. The van der Waals surface area contributed by atoms with Crippen LogP contribution < -0.4 is 11.1 Å². The van der Waals surface area contributed by atoms with Gasteiger partial charge in [-0.3, -0.25) is 4.79 Å². The third-order valence-corrected chi connectivity index (χ3v) is 3.23. The molecule has 0 fully saturated rings. The summed E-state index contributed by atoms with van der Waals surface area (Å²) in [5, 5.41) is 2.88. The molecule has 0 heterocycles. The lowest BCUT2D eigenvalue weighted by molar-refractivity contribution is -0.120. The molecule has 0 saturated heterocycles. The van der Waals surface area contributed by atoms with E-state index in [9.17, 15) is 4.79 Å². The molecule has 0 radical (unpaired) electrons. The molecule has 1 unspecified atom stereocenters. The highest BCUT2D eigenvalue weighted by molar-refractivity contribution is 5.78. The Labute approximate surface area is 119 Å². The smallest absolute Gasteiger partial charge is 0.224 e. The molecular weight excluding hydrogens is 248 g/mol. The molecule has 3 N–H and O–H groups in total. The number of nitrogens with one attached hydrogen (secondary N) is 1. The van der Waals surface area contributed by atoms with E-state index in [1.807, 2.05) is 61.5 Å². The fourth-order valence-corrected chi connectivity index (χ4v) is 2.00. The van der Waals surface area contributed by atoms with Gasteiger partial charge in [-0.1, -0.05) is 60.2 Å². The van der Waals surface area contributed by atoms with Crippen LogP contribution in [-0.4, -0.2) is 12.5 Å². The van der Waals surface area contributed by atoms with Gasteiger partial charge in [0, 0.05) is 12.6 Å². The summed E-state index contributed by atoms with van der Waals surface area (Å²) in [5.74, 6) is 0.000217. The van der Waals surface area contributed by atoms with E-state index in [1.165, 1.54) is 5.56 Å². The van der Waals surface area contributed by atoms with E-state index in [0.717, 1.165) is 11.1 Å². The van der Waals surface area contributed by atoms with Gasteiger partial charge in [-0.05, 0) is 18.1 Å². The highest BCUT2D eigenvalue weighted by Gasteiger charge is 2.08. The van der Waals surface area contributed by atoms with Crippen molar-refractivity contribution in [2.75, 3.05) is 6.54 Å². The number of aryl methyl sites for hydroxylation is 1. The molecule has 104 valence electrons. The first-order chi connectivity index (χ1) is 9.65. The van der Waals surface area contributed by atoms with E-state index in [0.29, 0.717) is 13.0 Å². The van der Waals surface area contributed by atoms with Gasteiger partial charge in [-0.15, -0.1) is 0 Å². The Morgan fingerprint density at radius 1 is 1.10 bits per heavy atom. The van der Waals surface area contributed by atoms with Gasteiger partial charge in [0.25, 0.3) is 0 Å². The van der Waals surface area contributed by atoms with E-state index < -0.39 is 0 Å². The zero-order chi connectivity index (χ0) is 14.4.